The number of rotatable bonds is 2. The zero-order chi connectivity index (χ0) is 11.7. The fraction of sp³-hybridized carbons (Fsp3) is 0.417. The van der Waals surface area contributed by atoms with Gasteiger partial charge in [0, 0.05) is 19.2 Å². The van der Waals surface area contributed by atoms with Crippen LogP contribution in [0.4, 0.5) is 5.69 Å². The molecule has 1 aliphatic rings. The number of hydrogen-bond acceptors (Lipinski definition) is 2. The molecule has 0 spiro atoms. The lowest BCUT2D eigenvalue weighted by molar-refractivity contribution is -0.118. The van der Waals surface area contributed by atoms with Crippen molar-refractivity contribution in [3.63, 3.8) is 0 Å². The smallest absolute Gasteiger partial charge is 0.227 e. The molecule has 0 saturated heterocycles. The maximum Gasteiger partial charge on any atom is 0.227 e. The van der Waals surface area contributed by atoms with Crippen LogP contribution in [0.2, 0.25) is 0 Å². The minimum Gasteiger partial charge on any atom is -0.315 e. The van der Waals surface area contributed by atoms with Crippen LogP contribution >= 0.6 is 15.9 Å². The third kappa shape index (κ3) is 1.99. The molecule has 4 heteroatoms. The summed E-state index contributed by atoms with van der Waals surface area (Å²) in [7, 11) is 3.75. The van der Waals surface area contributed by atoms with Crippen molar-refractivity contribution in [2.75, 3.05) is 19.0 Å². The Bertz CT molecular complexity index is 419. The molecule has 0 radical (unpaired) electrons. The summed E-state index contributed by atoms with van der Waals surface area (Å²) in [4.78, 5) is 13.4. The van der Waals surface area contributed by atoms with Gasteiger partial charge in [-0.2, -0.15) is 0 Å². The van der Waals surface area contributed by atoms with E-state index in [2.05, 4.69) is 27.3 Å². The molecule has 3 nitrogen and oxygen atoms in total. The van der Waals surface area contributed by atoms with E-state index in [1.54, 1.807) is 4.90 Å². The van der Waals surface area contributed by atoms with E-state index in [0.717, 1.165) is 12.1 Å². The van der Waals surface area contributed by atoms with Gasteiger partial charge in [0.2, 0.25) is 5.91 Å². The highest BCUT2D eigenvalue weighted by Crippen LogP contribution is 2.30. The van der Waals surface area contributed by atoms with Crippen LogP contribution in [0.1, 0.15) is 22.5 Å². The van der Waals surface area contributed by atoms with Crippen LogP contribution < -0.4 is 10.2 Å². The Balaban J connectivity index is 2.37. The van der Waals surface area contributed by atoms with E-state index in [-0.39, 0.29) is 10.9 Å². The first-order valence-corrected chi connectivity index (χ1v) is 6.25. The molecule has 0 aromatic heterocycles. The number of alkyl halides is 1. The average Bonchev–Trinajstić information content (AvgIpc) is 2.32. The molecular weight excluding hydrogens is 268 g/mol. The molecule has 0 fully saturated rings. The van der Waals surface area contributed by atoms with Crippen LogP contribution in [0, 0.1) is 0 Å². The predicted octanol–water partition coefficient (Wildman–Crippen LogP) is 2.21. The Hall–Kier alpha value is -0.870. The van der Waals surface area contributed by atoms with Crippen molar-refractivity contribution in [3.05, 3.63) is 29.3 Å². The monoisotopic (exact) mass is 282 g/mol. The van der Waals surface area contributed by atoms with Crippen LogP contribution in [-0.4, -0.2) is 20.0 Å². The molecule has 0 aliphatic carbocycles. The zero-order valence-corrected chi connectivity index (χ0v) is 11.0. The number of nitrogens with zero attached hydrogens (tertiary/aromatic N) is 1. The molecular formula is C12H15BrN2O. The van der Waals surface area contributed by atoms with E-state index < -0.39 is 0 Å². The van der Waals surface area contributed by atoms with Crippen LogP contribution in [0.3, 0.4) is 0 Å². The van der Waals surface area contributed by atoms with Gasteiger partial charge in [-0.25, -0.2) is 0 Å². The fourth-order valence-electron chi connectivity index (χ4n) is 2.00. The van der Waals surface area contributed by atoms with Crippen molar-refractivity contribution in [1.29, 1.82) is 0 Å². The van der Waals surface area contributed by atoms with Crippen molar-refractivity contribution in [2.24, 2.45) is 0 Å². The molecule has 2 rings (SSSR count). The molecule has 1 unspecified atom stereocenters. The number of anilines is 1. The summed E-state index contributed by atoms with van der Waals surface area (Å²) in [5.41, 5.74) is 3.49. The molecule has 1 aliphatic heterocycles. The third-order valence-corrected chi connectivity index (χ3v) is 3.98. The maximum atomic E-state index is 11.5. The van der Waals surface area contributed by atoms with Gasteiger partial charge in [-0.1, -0.05) is 28.1 Å². The Morgan fingerprint density at radius 2 is 2.19 bits per heavy atom. The fourth-order valence-corrected chi connectivity index (χ4v) is 2.29. The lowest BCUT2D eigenvalue weighted by Crippen LogP contribution is -2.31. The number of fused-ring (bicyclic) bond motifs is 1. The highest BCUT2D eigenvalue weighted by molar-refractivity contribution is 9.09. The van der Waals surface area contributed by atoms with Gasteiger partial charge in [0.25, 0.3) is 0 Å². The van der Waals surface area contributed by atoms with Gasteiger partial charge in [-0.15, -0.1) is 0 Å². The second-order valence-corrected chi connectivity index (χ2v) is 4.91. The number of nitrogens with one attached hydrogen (secondary N) is 1. The van der Waals surface area contributed by atoms with E-state index in [0.29, 0.717) is 6.42 Å². The summed E-state index contributed by atoms with van der Waals surface area (Å²) in [5, 5.41) is 3.14. The molecule has 16 heavy (non-hydrogen) atoms. The average molecular weight is 283 g/mol. The Labute approximate surface area is 104 Å². The van der Waals surface area contributed by atoms with Crippen molar-refractivity contribution in [1.82, 2.24) is 5.32 Å². The SMILES string of the molecule is CNC(Br)c1ccc2c(c1)CCC(=O)N2C. The van der Waals surface area contributed by atoms with Gasteiger partial charge in [-0.05, 0) is 30.7 Å². The van der Waals surface area contributed by atoms with E-state index >= 15 is 0 Å². The highest BCUT2D eigenvalue weighted by Gasteiger charge is 2.21. The Morgan fingerprint density at radius 1 is 1.44 bits per heavy atom. The van der Waals surface area contributed by atoms with Gasteiger partial charge in [0.1, 0.15) is 0 Å². The number of carbonyl (C=O) groups excluding carboxylic acids is 1. The lowest BCUT2D eigenvalue weighted by Gasteiger charge is -2.26. The molecule has 0 saturated carbocycles. The zero-order valence-electron chi connectivity index (χ0n) is 9.46. The Kier molecular flexibility index (Phi) is 3.30. The number of benzene rings is 1. The first kappa shape index (κ1) is 11.6. The number of carbonyl (C=O) groups is 1. The first-order valence-electron chi connectivity index (χ1n) is 5.34. The van der Waals surface area contributed by atoms with Crippen molar-refractivity contribution in [3.8, 4) is 0 Å². The van der Waals surface area contributed by atoms with Crippen LogP contribution in [0.25, 0.3) is 0 Å². The third-order valence-electron chi connectivity index (χ3n) is 2.99. The van der Waals surface area contributed by atoms with Gasteiger partial charge in [-0.3, -0.25) is 4.79 Å². The summed E-state index contributed by atoms with van der Waals surface area (Å²) in [6.45, 7) is 0. The molecule has 1 heterocycles. The molecule has 1 aromatic rings. The first-order chi connectivity index (χ1) is 7.63. The number of halogens is 1. The van der Waals surface area contributed by atoms with Crippen molar-refractivity contribution in [2.45, 2.75) is 17.8 Å². The number of aryl methyl sites for hydroxylation is 1. The van der Waals surface area contributed by atoms with E-state index in [1.165, 1.54) is 11.1 Å². The van der Waals surface area contributed by atoms with Crippen molar-refractivity contribution >= 4 is 27.5 Å². The van der Waals surface area contributed by atoms with Crippen LogP contribution in [-0.2, 0) is 11.2 Å². The standard InChI is InChI=1S/C12H15BrN2O/c1-14-12(13)9-3-5-10-8(7-9)4-6-11(16)15(10)2/h3,5,7,12,14H,4,6H2,1-2H3. The van der Waals surface area contributed by atoms with E-state index in [9.17, 15) is 4.79 Å². The summed E-state index contributed by atoms with van der Waals surface area (Å²) in [6.07, 6.45) is 1.45. The minimum absolute atomic E-state index is 0.167. The normalized spacial score (nSPS) is 17.2. The topological polar surface area (TPSA) is 32.3 Å². The van der Waals surface area contributed by atoms with Crippen LogP contribution in [0.5, 0.6) is 0 Å². The predicted molar refractivity (Wildman–Crippen MR) is 68.9 cm³/mol. The summed E-state index contributed by atoms with van der Waals surface area (Å²) < 4.78 is 0. The lowest BCUT2D eigenvalue weighted by atomic mass is 9.99. The summed E-state index contributed by atoms with van der Waals surface area (Å²) in [5.74, 6) is 0.198. The summed E-state index contributed by atoms with van der Waals surface area (Å²) >= 11 is 3.55. The quantitative estimate of drug-likeness (QED) is 0.666. The van der Waals surface area contributed by atoms with Gasteiger partial charge in [0.05, 0.1) is 4.95 Å². The second kappa shape index (κ2) is 4.55. The highest BCUT2D eigenvalue weighted by atomic mass is 79.9. The molecule has 1 N–H and O–H groups in total. The largest absolute Gasteiger partial charge is 0.315 e. The molecule has 1 atom stereocenters. The maximum absolute atomic E-state index is 11.5. The van der Waals surface area contributed by atoms with E-state index in [4.69, 9.17) is 0 Å². The Morgan fingerprint density at radius 3 is 2.88 bits per heavy atom. The number of amides is 1. The van der Waals surface area contributed by atoms with Crippen molar-refractivity contribution < 1.29 is 4.79 Å². The second-order valence-electron chi connectivity index (χ2n) is 3.99. The number of hydrogen-bond donors (Lipinski definition) is 1. The minimum atomic E-state index is 0.167. The van der Waals surface area contributed by atoms with Crippen LogP contribution in [0.15, 0.2) is 18.2 Å². The molecule has 1 aromatic carbocycles. The van der Waals surface area contributed by atoms with Gasteiger partial charge in [0.15, 0.2) is 0 Å². The van der Waals surface area contributed by atoms with Gasteiger partial charge < -0.3 is 10.2 Å². The molecule has 1 amide bonds. The molecule has 86 valence electrons. The molecule has 0 bridgehead atoms. The van der Waals surface area contributed by atoms with Gasteiger partial charge >= 0.3 is 0 Å². The summed E-state index contributed by atoms with van der Waals surface area (Å²) in [6, 6.07) is 6.23. The van der Waals surface area contributed by atoms with E-state index in [1.807, 2.05) is 26.2 Å².